The van der Waals surface area contributed by atoms with Crippen LogP contribution in [0, 0.1) is 5.41 Å². The average molecular weight is 348 g/mol. The molecule has 0 aromatic carbocycles. The zero-order chi connectivity index (χ0) is 17.3. The van der Waals surface area contributed by atoms with Crippen molar-refractivity contribution in [1.29, 1.82) is 0 Å². The van der Waals surface area contributed by atoms with E-state index >= 15 is 0 Å². The second-order valence-corrected chi connectivity index (χ2v) is 7.67. The highest BCUT2D eigenvalue weighted by Gasteiger charge is 2.50. The van der Waals surface area contributed by atoms with E-state index in [9.17, 15) is 9.18 Å². The summed E-state index contributed by atoms with van der Waals surface area (Å²) in [7, 11) is 0. The highest BCUT2D eigenvalue weighted by Crippen LogP contribution is 2.40. The van der Waals surface area contributed by atoms with Crippen LogP contribution in [0.2, 0.25) is 0 Å². The van der Waals surface area contributed by atoms with Gasteiger partial charge in [0.15, 0.2) is 5.67 Å². The van der Waals surface area contributed by atoms with Gasteiger partial charge in [-0.3, -0.25) is 4.79 Å². The fourth-order valence-corrected chi connectivity index (χ4v) is 4.23. The molecule has 136 valence electrons. The Kier molecular flexibility index (Phi) is 4.35. The molecule has 3 aliphatic rings. The van der Waals surface area contributed by atoms with Crippen molar-refractivity contribution >= 4 is 11.9 Å². The highest BCUT2D eigenvalue weighted by molar-refractivity contribution is 5.86. The van der Waals surface area contributed by atoms with Gasteiger partial charge in [-0.2, -0.15) is 0 Å². The topological polar surface area (TPSA) is 58.6 Å². The second kappa shape index (κ2) is 6.52. The molecule has 2 aliphatic heterocycles. The van der Waals surface area contributed by atoms with E-state index in [1.54, 1.807) is 23.4 Å². The highest BCUT2D eigenvalue weighted by atomic mass is 19.1. The molecule has 7 heteroatoms. The molecule has 3 heterocycles. The van der Waals surface area contributed by atoms with Crippen LogP contribution in [0.5, 0.6) is 0 Å². The summed E-state index contributed by atoms with van der Waals surface area (Å²) in [5.74, 6) is 0.376. The van der Waals surface area contributed by atoms with Crippen molar-refractivity contribution in [3.8, 4) is 0 Å². The molecular weight excluding hydrogens is 323 g/mol. The summed E-state index contributed by atoms with van der Waals surface area (Å²) < 4.78 is 20.5. The number of rotatable bonds is 2. The molecule has 1 spiro atoms. The van der Waals surface area contributed by atoms with Crippen LogP contribution in [0.3, 0.4) is 0 Å². The normalized spacial score (nSPS) is 29.2. The van der Waals surface area contributed by atoms with Gasteiger partial charge in [0.05, 0.1) is 13.2 Å². The fourth-order valence-electron chi connectivity index (χ4n) is 4.23. The average Bonchev–Trinajstić information content (AvgIpc) is 2.82. The summed E-state index contributed by atoms with van der Waals surface area (Å²) >= 11 is 0. The number of amides is 1. The van der Waals surface area contributed by atoms with Gasteiger partial charge in [0.1, 0.15) is 0 Å². The first kappa shape index (κ1) is 16.7. The van der Waals surface area contributed by atoms with E-state index in [1.807, 2.05) is 0 Å². The number of hydrogen-bond donors (Lipinski definition) is 0. The molecule has 1 aromatic heterocycles. The molecule has 4 rings (SSSR count). The molecule has 0 N–H and O–H groups in total. The van der Waals surface area contributed by atoms with E-state index in [0.29, 0.717) is 45.1 Å². The number of alkyl halides is 1. The minimum Gasteiger partial charge on any atom is -0.379 e. The van der Waals surface area contributed by atoms with Crippen LogP contribution in [0.1, 0.15) is 32.1 Å². The Labute approximate surface area is 147 Å². The summed E-state index contributed by atoms with van der Waals surface area (Å²) in [6, 6.07) is 1.80. The third-order valence-electron chi connectivity index (χ3n) is 5.75. The second-order valence-electron chi connectivity index (χ2n) is 7.67. The van der Waals surface area contributed by atoms with Crippen LogP contribution < -0.4 is 4.90 Å². The lowest BCUT2D eigenvalue weighted by molar-refractivity contribution is -0.154. The summed E-state index contributed by atoms with van der Waals surface area (Å²) in [4.78, 5) is 25.2. The molecule has 1 atom stereocenters. The first-order valence-electron chi connectivity index (χ1n) is 9.18. The number of nitrogens with zero attached hydrogens (tertiary/aromatic N) is 4. The zero-order valence-corrected chi connectivity index (χ0v) is 14.5. The number of aromatic nitrogens is 2. The predicted molar refractivity (Wildman–Crippen MR) is 91.0 cm³/mol. The SMILES string of the molecule is O=C(N1CCCC2(COCCN(c3ncccn3)C2)C1)C1(F)CCC1. The Bertz CT molecular complexity index is 625. The van der Waals surface area contributed by atoms with Gasteiger partial charge >= 0.3 is 0 Å². The van der Waals surface area contributed by atoms with Crippen molar-refractivity contribution in [1.82, 2.24) is 14.9 Å². The third kappa shape index (κ3) is 3.21. The maximum Gasteiger partial charge on any atom is 0.260 e. The number of carbonyl (C=O) groups excluding carboxylic acids is 1. The van der Waals surface area contributed by atoms with Gasteiger partial charge in [0.2, 0.25) is 5.95 Å². The smallest absolute Gasteiger partial charge is 0.260 e. The lowest BCUT2D eigenvalue weighted by atomic mass is 9.77. The van der Waals surface area contributed by atoms with Gasteiger partial charge in [-0.05, 0) is 38.2 Å². The number of piperidine rings is 1. The molecule has 1 aromatic rings. The number of ether oxygens (including phenoxy) is 1. The molecule has 0 radical (unpaired) electrons. The lowest BCUT2D eigenvalue weighted by Crippen LogP contribution is -2.57. The van der Waals surface area contributed by atoms with E-state index in [0.717, 1.165) is 32.4 Å². The first-order chi connectivity index (χ1) is 12.1. The van der Waals surface area contributed by atoms with Crippen molar-refractivity contribution in [3.05, 3.63) is 18.5 Å². The van der Waals surface area contributed by atoms with Crippen molar-refractivity contribution in [2.45, 2.75) is 37.8 Å². The van der Waals surface area contributed by atoms with Gasteiger partial charge in [-0.1, -0.05) is 0 Å². The van der Waals surface area contributed by atoms with Gasteiger partial charge in [-0.25, -0.2) is 14.4 Å². The molecule has 1 amide bonds. The number of halogens is 1. The zero-order valence-electron chi connectivity index (χ0n) is 14.5. The van der Waals surface area contributed by atoms with Crippen molar-refractivity contribution in [2.75, 3.05) is 44.3 Å². The molecule has 1 unspecified atom stereocenters. The van der Waals surface area contributed by atoms with Crippen LogP contribution in [0.4, 0.5) is 10.3 Å². The van der Waals surface area contributed by atoms with Gasteiger partial charge in [0, 0.05) is 44.0 Å². The largest absolute Gasteiger partial charge is 0.379 e. The summed E-state index contributed by atoms with van der Waals surface area (Å²) in [5.41, 5.74) is -1.80. The molecule has 6 nitrogen and oxygen atoms in total. The van der Waals surface area contributed by atoms with E-state index in [2.05, 4.69) is 14.9 Å². The summed E-state index contributed by atoms with van der Waals surface area (Å²) in [5, 5.41) is 0. The van der Waals surface area contributed by atoms with Gasteiger partial charge < -0.3 is 14.5 Å². The van der Waals surface area contributed by atoms with E-state index in [4.69, 9.17) is 4.74 Å². The Morgan fingerprint density at radius 3 is 2.64 bits per heavy atom. The van der Waals surface area contributed by atoms with Gasteiger partial charge in [-0.15, -0.1) is 0 Å². The summed E-state index contributed by atoms with van der Waals surface area (Å²) in [6.45, 7) is 3.88. The molecule has 25 heavy (non-hydrogen) atoms. The van der Waals surface area contributed by atoms with Crippen LogP contribution in [-0.2, 0) is 9.53 Å². The fraction of sp³-hybridized carbons (Fsp3) is 0.722. The molecule has 1 saturated carbocycles. The Morgan fingerprint density at radius 1 is 1.12 bits per heavy atom. The van der Waals surface area contributed by atoms with E-state index < -0.39 is 5.67 Å². The van der Waals surface area contributed by atoms with Crippen LogP contribution in [0.25, 0.3) is 0 Å². The maximum atomic E-state index is 14.6. The first-order valence-corrected chi connectivity index (χ1v) is 9.18. The van der Waals surface area contributed by atoms with Gasteiger partial charge in [0.25, 0.3) is 5.91 Å². The Balaban J connectivity index is 1.51. The summed E-state index contributed by atoms with van der Waals surface area (Å²) in [6.07, 6.45) is 6.88. The molecule has 1 aliphatic carbocycles. The number of anilines is 1. The van der Waals surface area contributed by atoms with E-state index in [1.165, 1.54) is 0 Å². The Morgan fingerprint density at radius 2 is 1.92 bits per heavy atom. The monoisotopic (exact) mass is 348 g/mol. The minimum absolute atomic E-state index is 0.177. The lowest BCUT2D eigenvalue weighted by Gasteiger charge is -2.46. The number of likely N-dealkylation sites (tertiary alicyclic amines) is 1. The van der Waals surface area contributed by atoms with Crippen LogP contribution >= 0.6 is 0 Å². The standard InChI is InChI=1S/C18H25FN4O2/c19-18(5-1-6-18)15(24)22-9-2-4-17(12-22)13-23(10-11-25-14-17)16-20-7-3-8-21-16/h3,7-8H,1-2,4-6,9-14H2. The Hall–Kier alpha value is -1.76. The number of hydrogen-bond acceptors (Lipinski definition) is 5. The van der Waals surface area contributed by atoms with E-state index in [-0.39, 0.29) is 11.3 Å². The maximum absolute atomic E-state index is 14.6. The molecule has 3 fully saturated rings. The quantitative estimate of drug-likeness (QED) is 0.816. The van der Waals surface area contributed by atoms with Crippen molar-refractivity contribution in [3.63, 3.8) is 0 Å². The van der Waals surface area contributed by atoms with Crippen LogP contribution in [-0.4, -0.2) is 65.8 Å². The van der Waals surface area contributed by atoms with Crippen molar-refractivity contribution in [2.24, 2.45) is 5.41 Å². The molecular formula is C18H25FN4O2. The van der Waals surface area contributed by atoms with Crippen LogP contribution in [0.15, 0.2) is 18.5 Å². The third-order valence-corrected chi connectivity index (χ3v) is 5.75. The predicted octanol–water partition coefficient (Wildman–Crippen LogP) is 1.81. The van der Waals surface area contributed by atoms with Crippen molar-refractivity contribution < 1.29 is 13.9 Å². The minimum atomic E-state index is -1.62. The number of carbonyl (C=O) groups is 1. The molecule has 0 bridgehead atoms. The molecule has 2 saturated heterocycles.